The lowest BCUT2D eigenvalue weighted by atomic mass is 9.79. The fourth-order valence-electron chi connectivity index (χ4n) is 2.20. The molecule has 1 fully saturated rings. The van der Waals surface area contributed by atoms with Crippen LogP contribution in [0.1, 0.15) is 51.4 Å². The van der Waals surface area contributed by atoms with Gasteiger partial charge in [-0.05, 0) is 12.8 Å². The molecule has 0 bridgehead atoms. The predicted molar refractivity (Wildman–Crippen MR) is 54.6 cm³/mol. The maximum absolute atomic E-state index is 11.1. The Kier molecular flexibility index (Phi) is 4.12. The Morgan fingerprint density at radius 1 is 0.733 bits per heavy atom. The molecule has 0 spiro atoms. The van der Waals surface area contributed by atoms with Gasteiger partial charge in [0.2, 0.25) is 0 Å². The number of rotatable bonds is 2. The second-order valence-corrected chi connectivity index (χ2v) is 4.31. The SMILES string of the molecule is O=C(O)C1(C(=O)O)CCCCCCCC1. The van der Waals surface area contributed by atoms with Gasteiger partial charge in [-0.2, -0.15) is 0 Å². The van der Waals surface area contributed by atoms with E-state index in [2.05, 4.69) is 0 Å². The van der Waals surface area contributed by atoms with Crippen LogP contribution in [0.25, 0.3) is 0 Å². The molecular formula is C11H18O4. The molecule has 1 saturated carbocycles. The summed E-state index contributed by atoms with van der Waals surface area (Å²) in [5, 5.41) is 18.2. The minimum absolute atomic E-state index is 0.275. The molecule has 0 radical (unpaired) electrons. The summed E-state index contributed by atoms with van der Waals surface area (Å²) in [5.74, 6) is -2.34. The van der Waals surface area contributed by atoms with Gasteiger partial charge in [0.25, 0.3) is 0 Å². The van der Waals surface area contributed by atoms with Crippen LogP contribution in [0.2, 0.25) is 0 Å². The van der Waals surface area contributed by atoms with E-state index in [0.29, 0.717) is 12.8 Å². The minimum atomic E-state index is -1.52. The Morgan fingerprint density at radius 3 is 1.40 bits per heavy atom. The Bertz CT molecular complexity index is 221. The standard InChI is InChI=1S/C11H18O4/c12-9(13)11(10(14)15)7-5-3-1-2-4-6-8-11/h1-8H2,(H,12,13)(H,14,15). The monoisotopic (exact) mass is 214 g/mol. The van der Waals surface area contributed by atoms with Crippen LogP contribution in [0.15, 0.2) is 0 Å². The lowest BCUT2D eigenvalue weighted by Gasteiger charge is -2.23. The van der Waals surface area contributed by atoms with E-state index in [4.69, 9.17) is 10.2 Å². The van der Waals surface area contributed by atoms with Gasteiger partial charge in [-0.25, -0.2) is 0 Å². The molecular weight excluding hydrogens is 196 g/mol. The molecule has 0 atom stereocenters. The minimum Gasteiger partial charge on any atom is -0.480 e. The number of hydrogen-bond donors (Lipinski definition) is 2. The van der Waals surface area contributed by atoms with Crippen LogP contribution < -0.4 is 0 Å². The van der Waals surface area contributed by atoms with Crippen LogP contribution in [-0.2, 0) is 9.59 Å². The fraction of sp³-hybridized carbons (Fsp3) is 0.818. The number of hydrogen-bond acceptors (Lipinski definition) is 2. The molecule has 15 heavy (non-hydrogen) atoms. The summed E-state index contributed by atoms with van der Waals surface area (Å²) >= 11 is 0. The van der Waals surface area contributed by atoms with E-state index in [0.717, 1.165) is 25.7 Å². The van der Waals surface area contributed by atoms with Gasteiger partial charge in [0.05, 0.1) is 0 Å². The zero-order chi connectivity index (χ0) is 11.3. The predicted octanol–water partition coefficient (Wildman–Crippen LogP) is 2.28. The molecule has 0 amide bonds. The van der Waals surface area contributed by atoms with E-state index in [9.17, 15) is 9.59 Å². The molecule has 0 aromatic carbocycles. The fourth-order valence-corrected chi connectivity index (χ4v) is 2.20. The first-order chi connectivity index (χ1) is 7.09. The first kappa shape index (κ1) is 12.0. The Morgan fingerprint density at radius 2 is 1.07 bits per heavy atom. The van der Waals surface area contributed by atoms with E-state index >= 15 is 0 Å². The number of carbonyl (C=O) groups is 2. The zero-order valence-electron chi connectivity index (χ0n) is 8.87. The van der Waals surface area contributed by atoms with Crippen molar-refractivity contribution in [1.29, 1.82) is 0 Å². The molecule has 0 aromatic rings. The van der Waals surface area contributed by atoms with Gasteiger partial charge < -0.3 is 10.2 Å². The first-order valence-corrected chi connectivity index (χ1v) is 5.56. The van der Waals surface area contributed by atoms with Crippen LogP contribution >= 0.6 is 0 Å². The number of aliphatic carboxylic acids is 2. The topological polar surface area (TPSA) is 74.6 Å². The van der Waals surface area contributed by atoms with Crippen molar-refractivity contribution in [2.45, 2.75) is 51.4 Å². The maximum Gasteiger partial charge on any atom is 0.321 e. The molecule has 0 saturated heterocycles. The van der Waals surface area contributed by atoms with Crippen LogP contribution in [0.3, 0.4) is 0 Å². The third-order valence-corrected chi connectivity index (χ3v) is 3.28. The lowest BCUT2D eigenvalue weighted by molar-refractivity contribution is -0.166. The summed E-state index contributed by atoms with van der Waals surface area (Å²) in [4.78, 5) is 22.2. The largest absolute Gasteiger partial charge is 0.480 e. The summed E-state index contributed by atoms with van der Waals surface area (Å²) in [6.07, 6.45) is 6.04. The molecule has 1 rings (SSSR count). The molecule has 2 N–H and O–H groups in total. The van der Waals surface area contributed by atoms with Gasteiger partial charge in [0.15, 0.2) is 5.41 Å². The second kappa shape index (κ2) is 5.14. The van der Waals surface area contributed by atoms with E-state index in [-0.39, 0.29) is 12.8 Å². The molecule has 86 valence electrons. The second-order valence-electron chi connectivity index (χ2n) is 4.31. The summed E-state index contributed by atoms with van der Waals surface area (Å²) in [6, 6.07) is 0. The van der Waals surface area contributed by atoms with Crippen molar-refractivity contribution >= 4 is 11.9 Å². The van der Waals surface area contributed by atoms with Crippen molar-refractivity contribution in [3.8, 4) is 0 Å². The third-order valence-electron chi connectivity index (χ3n) is 3.28. The molecule has 0 unspecified atom stereocenters. The Labute approximate surface area is 89.3 Å². The van der Waals surface area contributed by atoms with Crippen molar-refractivity contribution < 1.29 is 19.8 Å². The Balaban J connectivity index is 2.81. The van der Waals surface area contributed by atoms with Gasteiger partial charge in [-0.15, -0.1) is 0 Å². The van der Waals surface area contributed by atoms with Crippen molar-refractivity contribution in [3.05, 3.63) is 0 Å². The Hall–Kier alpha value is -1.06. The molecule has 4 heteroatoms. The van der Waals surface area contributed by atoms with Crippen LogP contribution in [0.5, 0.6) is 0 Å². The van der Waals surface area contributed by atoms with E-state index in [1.165, 1.54) is 0 Å². The molecule has 0 aliphatic heterocycles. The van der Waals surface area contributed by atoms with Gasteiger partial charge >= 0.3 is 11.9 Å². The first-order valence-electron chi connectivity index (χ1n) is 5.56. The molecule has 1 aliphatic rings. The van der Waals surface area contributed by atoms with E-state index in [1.807, 2.05) is 0 Å². The highest BCUT2D eigenvalue weighted by Gasteiger charge is 2.45. The molecule has 4 nitrogen and oxygen atoms in total. The molecule has 1 aliphatic carbocycles. The van der Waals surface area contributed by atoms with E-state index in [1.54, 1.807) is 0 Å². The van der Waals surface area contributed by atoms with Crippen molar-refractivity contribution in [3.63, 3.8) is 0 Å². The van der Waals surface area contributed by atoms with E-state index < -0.39 is 17.4 Å². The van der Waals surface area contributed by atoms with Gasteiger partial charge in [-0.1, -0.05) is 38.5 Å². The van der Waals surface area contributed by atoms with Crippen molar-refractivity contribution in [2.75, 3.05) is 0 Å². The van der Waals surface area contributed by atoms with Crippen LogP contribution in [0.4, 0.5) is 0 Å². The summed E-state index contributed by atoms with van der Waals surface area (Å²) in [7, 11) is 0. The number of carboxylic acids is 2. The van der Waals surface area contributed by atoms with Gasteiger partial charge in [0.1, 0.15) is 0 Å². The lowest BCUT2D eigenvalue weighted by Crippen LogP contribution is -2.39. The maximum atomic E-state index is 11.1. The smallest absolute Gasteiger partial charge is 0.321 e. The summed E-state index contributed by atoms with van der Waals surface area (Å²) in [5.41, 5.74) is -1.52. The normalized spacial score (nSPS) is 22.1. The number of carboxylic acid groups (broad SMARTS) is 2. The quantitative estimate of drug-likeness (QED) is 0.691. The van der Waals surface area contributed by atoms with Crippen LogP contribution in [-0.4, -0.2) is 22.2 Å². The highest BCUT2D eigenvalue weighted by molar-refractivity contribution is 5.98. The van der Waals surface area contributed by atoms with Gasteiger partial charge in [-0.3, -0.25) is 9.59 Å². The van der Waals surface area contributed by atoms with Gasteiger partial charge in [0, 0.05) is 0 Å². The van der Waals surface area contributed by atoms with Crippen molar-refractivity contribution in [2.24, 2.45) is 5.41 Å². The van der Waals surface area contributed by atoms with Crippen LogP contribution in [0, 0.1) is 5.41 Å². The molecule has 0 heterocycles. The zero-order valence-corrected chi connectivity index (χ0v) is 8.87. The molecule has 0 aromatic heterocycles. The summed E-state index contributed by atoms with van der Waals surface area (Å²) in [6.45, 7) is 0. The highest BCUT2D eigenvalue weighted by Crippen LogP contribution is 2.34. The third kappa shape index (κ3) is 2.70. The summed E-state index contributed by atoms with van der Waals surface area (Å²) < 4.78 is 0. The van der Waals surface area contributed by atoms with Crippen molar-refractivity contribution in [1.82, 2.24) is 0 Å². The average Bonchev–Trinajstić information content (AvgIpc) is 2.28. The highest BCUT2D eigenvalue weighted by atomic mass is 16.4. The average molecular weight is 214 g/mol.